The molecule has 0 fully saturated rings. The lowest BCUT2D eigenvalue weighted by atomic mass is 10.3. The topological polar surface area (TPSA) is 62.5 Å². The van der Waals surface area contributed by atoms with Crippen molar-refractivity contribution in [1.29, 1.82) is 0 Å². The van der Waals surface area contributed by atoms with Gasteiger partial charge < -0.3 is 14.8 Å². The van der Waals surface area contributed by atoms with Gasteiger partial charge in [0.1, 0.15) is 0 Å². The minimum atomic E-state index is -1.04. The van der Waals surface area contributed by atoms with Gasteiger partial charge in [-0.1, -0.05) is 6.92 Å². The van der Waals surface area contributed by atoms with Crippen LogP contribution in [0.3, 0.4) is 0 Å². The second-order valence-corrected chi connectivity index (χ2v) is 2.92. The highest BCUT2D eigenvalue weighted by Gasteiger charge is 2.09. The molecule has 0 aliphatic carbocycles. The fourth-order valence-corrected chi connectivity index (χ4v) is 0.875. The lowest BCUT2D eigenvalue weighted by Crippen LogP contribution is -2.12. The van der Waals surface area contributed by atoms with Gasteiger partial charge in [-0.05, 0) is 19.4 Å². The lowest BCUT2D eigenvalue weighted by molar-refractivity contribution is 0.0663. The molecule has 0 amide bonds. The van der Waals surface area contributed by atoms with Crippen molar-refractivity contribution < 1.29 is 14.3 Å². The second-order valence-electron chi connectivity index (χ2n) is 2.92. The Morgan fingerprint density at radius 3 is 2.85 bits per heavy atom. The number of aromatic carboxylic acids is 1. The van der Waals surface area contributed by atoms with Gasteiger partial charge in [0.05, 0.1) is 0 Å². The molecule has 1 aromatic rings. The molecular formula is C9H13NO3. The van der Waals surface area contributed by atoms with Crippen LogP contribution in [0.2, 0.25) is 0 Å². The first-order valence-electron chi connectivity index (χ1n) is 4.23. The molecule has 0 aliphatic heterocycles. The Kier molecular flexibility index (Phi) is 2.95. The summed E-state index contributed by atoms with van der Waals surface area (Å²) in [4.78, 5) is 10.4. The standard InChI is InChI=1S/C9H13NO3/c1-3-6(2)10-8-5-4-7(13-8)9(11)12/h4-6,10H,3H2,1-2H3,(H,11,12). The van der Waals surface area contributed by atoms with Crippen molar-refractivity contribution in [1.82, 2.24) is 0 Å². The maximum Gasteiger partial charge on any atom is 0.371 e. The molecule has 4 heteroatoms. The van der Waals surface area contributed by atoms with Crippen molar-refractivity contribution in [2.45, 2.75) is 26.3 Å². The predicted octanol–water partition coefficient (Wildman–Crippen LogP) is 2.19. The highest BCUT2D eigenvalue weighted by atomic mass is 16.4. The molecule has 72 valence electrons. The number of carboxylic acid groups (broad SMARTS) is 1. The maximum absolute atomic E-state index is 10.4. The van der Waals surface area contributed by atoms with E-state index >= 15 is 0 Å². The molecule has 2 N–H and O–H groups in total. The zero-order valence-corrected chi connectivity index (χ0v) is 7.70. The molecule has 13 heavy (non-hydrogen) atoms. The van der Waals surface area contributed by atoms with Crippen molar-refractivity contribution in [3.63, 3.8) is 0 Å². The third-order valence-electron chi connectivity index (χ3n) is 1.82. The van der Waals surface area contributed by atoms with E-state index in [-0.39, 0.29) is 11.8 Å². The van der Waals surface area contributed by atoms with E-state index in [1.54, 1.807) is 6.07 Å². The van der Waals surface area contributed by atoms with Crippen LogP contribution in [-0.4, -0.2) is 17.1 Å². The number of anilines is 1. The average Bonchev–Trinajstić information content (AvgIpc) is 2.52. The Hall–Kier alpha value is -1.45. The van der Waals surface area contributed by atoms with Crippen molar-refractivity contribution >= 4 is 11.9 Å². The van der Waals surface area contributed by atoms with Crippen molar-refractivity contribution in [3.8, 4) is 0 Å². The van der Waals surface area contributed by atoms with Crippen LogP contribution in [0.1, 0.15) is 30.8 Å². The number of furan rings is 1. The van der Waals surface area contributed by atoms with E-state index in [1.807, 2.05) is 13.8 Å². The van der Waals surface area contributed by atoms with Crippen LogP contribution < -0.4 is 5.32 Å². The van der Waals surface area contributed by atoms with Gasteiger partial charge in [-0.3, -0.25) is 0 Å². The number of hydrogen-bond donors (Lipinski definition) is 2. The summed E-state index contributed by atoms with van der Waals surface area (Å²) >= 11 is 0. The minimum absolute atomic E-state index is 0.0363. The fraction of sp³-hybridized carbons (Fsp3) is 0.444. The SMILES string of the molecule is CCC(C)Nc1ccc(C(=O)O)o1. The lowest BCUT2D eigenvalue weighted by Gasteiger charge is -2.08. The summed E-state index contributed by atoms with van der Waals surface area (Å²) in [5, 5.41) is 11.6. The Bertz CT molecular complexity index is 293. The summed E-state index contributed by atoms with van der Waals surface area (Å²) in [6.07, 6.45) is 0.961. The van der Waals surface area contributed by atoms with E-state index in [4.69, 9.17) is 9.52 Å². The zero-order valence-electron chi connectivity index (χ0n) is 7.70. The molecule has 1 rings (SSSR count). The van der Waals surface area contributed by atoms with Crippen LogP contribution in [0, 0.1) is 0 Å². The number of nitrogens with one attached hydrogen (secondary N) is 1. The molecule has 0 saturated carbocycles. The third kappa shape index (κ3) is 2.50. The largest absolute Gasteiger partial charge is 0.475 e. The molecule has 0 bridgehead atoms. The van der Waals surface area contributed by atoms with Gasteiger partial charge in [0.2, 0.25) is 5.76 Å². The molecule has 0 aliphatic rings. The summed E-state index contributed by atoms with van der Waals surface area (Å²) in [5.41, 5.74) is 0. The summed E-state index contributed by atoms with van der Waals surface area (Å²) in [6.45, 7) is 4.04. The van der Waals surface area contributed by atoms with Crippen LogP contribution >= 0.6 is 0 Å². The quantitative estimate of drug-likeness (QED) is 0.751. The van der Waals surface area contributed by atoms with E-state index in [0.717, 1.165) is 6.42 Å². The third-order valence-corrected chi connectivity index (χ3v) is 1.82. The Morgan fingerprint density at radius 2 is 2.38 bits per heavy atom. The first kappa shape index (κ1) is 9.64. The molecular weight excluding hydrogens is 170 g/mol. The number of rotatable bonds is 4. The fourth-order valence-electron chi connectivity index (χ4n) is 0.875. The van der Waals surface area contributed by atoms with Crippen molar-refractivity contribution in [3.05, 3.63) is 17.9 Å². The molecule has 0 spiro atoms. The average molecular weight is 183 g/mol. The zero-order chi connectivity index (χ0) is 9.84. The predicted molar refractivity (Wildman–Crippen MR) is 49.0 cm³/mol. The Morgan fingerprint density at radius 1 is 1.69 bits per heavy atom. The molecule has 1 unspecified atom stereocenters. The molecule has 0 aromatic carbocycles. The molecule has 1 heterocycles. The first-order chi connectivity index (χ1) is 6.13. The van der Waals surface area contributed by atoms with Crippen LogP contribution in [0.4, 0.5) is 5.88 Å². The van der Waals surface area contributed by atoms with Gasteiger partial charge in [-0.2, -0.15) is 0 Å². The van der Waals surface area contributed by atoms with E-state index in [1.165, 1.54) is 6.07 Å². The van der Waals surface area contributed by atoms with E-state index in [9.17, 15) is 4.79 Å². The highest BCUT2D eigenvalue weighted by Crippen LogP contribution is 2.14. The van der Waals surface area contributed by atoms with Crippen LogP contribution in [0.25, 0.3) is 0 Å². The molecule has 1 aromatic heterocycles. The molecule has 4 nitrogen and oxygen atoms in total. The molecule has 0 saturated heterocycles. The number of carboxylic acids is 1. The Labute approximate surface area is 76.6 Å². The summed E-state index contributed by atoms with van der Waals surface area (Å²) < 4.78 is 5.01. The highest BCUT2D eigenvalue weighted by molar-refractivity contribution is 5.84. The number of hydrogen-bond acceptors (Lipinski definition) is 3. The van der Waals surface area contributed by atoms with Gasteiger partial charge in [-0.25, -0.2) is 4.79 Å². The summed E-state index contributed by atoms with van der Waals surface area (Å²) in [6, 6.07) is 3.34. The van der Waals surface area contributed by atoms with E-state index < -0.39 is 5.97 Å². The first-order valence-corrected chi connectivity index (χ1v) is 4.23. The van der Waals surface area contributed by atoms with Gasteiger partial charge >= 0.3 is 5.97 Å². The van der Waals surface area contributed by atoms with Gasteiger partial charge in [0, 0.05) is 12.1 Å². The van der Waals surface area contributed by atoms with Gasteiger partial charge in [0.15, 0.2) is 5.88 Å². The maximum atomic E-state index is 10.4. The minimum Gasteiger partial charge on any atom is -0.475 e. The monoisotopic (exact) mass is 183 g/mol. The van der Waals surface area contributed by atoms with Crippen molar-refractivity contribution in [2.24, 2.45) is 0 Å². The smallest absolute Gasteiger partial charge is 0.371 e. The summed E-state index contributed by atoms with van der Waals surface area (Å²) in [5.74, 6) is -0.574. The van der Waals surface area contributed by atoms with Crippen LogP contribution in [0.15, 0.2) is 16.5 Å². The molecule has 0 radical (unpaired) electrons. The van der Waals surface area contributed by atoms with E-state index in [2.05, 4.69) is 5.32 Å². The van der Waals surface area contributed by atoms with Crippen LogP contribution in [-0.2, 0) is 0 Å². The van der Waals surface area contributed by atoms with Crippen LogP contribution in [0.5, 0.6) is 0 Å². The molecule has 1 atom stereocenters. The van der Waals surface area contributed by atoms with Gasteiger partial charge in [-0.15, -0.1) is 0 Å². The summed E-state index contributed by atoms with van der Waals surface area (Å²) in [7, 11) is 0. The van der Waals surface area contributed by atoms with Crippen molar-refractivity contribution in [2.75, 3.05) is 5.32 Å². The second kappa shape index (κ2) is 3.98. The Balaban J connectivity index is 2.64. The normalized spacial score (nSPS) is 12.5. The van der Waals surface area contributed by atoms with Gasteiger partial charge in [0.25, 0.3) is 0 Å². The van der Waals surface area contributed by atoms with E-state index in [0.29, 0.717) is 5.88 Å². The number of carbonyl (C=O) groups is 1.